The summed E-state index contributed by atoms with van der Waals surface area (Å²) in [5.74, 6) is -0.680. The average Bonchev–Trinajstić information content (AvgIpc) is 2.48. The highest BCUT2D eigenvalue weighted by Gasteiger charge is 2.31. The number of non-ortho nitro benzene ring substituents is 1. The molecule has 0 bridgehead atoms. The molecule has 2 aromatic carbocycles. The van der Waals surface area contributed by atoms with Crippen molar-refractivity contribution in [1.29, 1.82) is 0 Å². The number of carbonyl (C=O) groups excluding carboxylic acids is 1. The Morgan fingerprint density at radius 2 is 1.88 bits per heavy atom. The first kappa shape index (κ1) is 17.1. The zero-order valence-electron chi connectivity index (χ0n) is 11.8. The number of phenolic OH excluding ortho intramolecular Hbond substituents is 1. The lowest BCUT2D eigenvalue weighted by Crippen LogP contribution is -2.31. The SMILES string of the molecule is NC(=O)N(c1cccc(C(F)(F)F)c1)c1ccc([N+](=O)[O-])cc1O. The van der Waals surface area contributed by atoms with Crippen LogP contribution in [0.15, 0.2) is 42.5 Å². The number of alkyl halides is 3. The molecule has 2 amide bonds. The number of carbonyl (C=O) groups is 1. The summed E-state index contributed by atoms with van der Waals surface area (Å²) in [6.45, 7) is 0. The van der Waals surface area contributed by atoms with Gasteiger partial charge in [0.1, 0.15) is 5.75 Å². The highest BCUT2D eigenvalue weighted by Crippen LogP contribution is 2.38. The Kier molecular flexibility index (Phi) is 4.31. The van der Waals surface area contributed by atoms with Crippen molar-refractivity contribution in [3.8, 4) is 5.75 Å². The second-order valence-electron chi connectivity index (χ2n) is 4.65. The number of nitro groups is 1. The van der Waals surface area contributed by atoms with Crippen LogP contribution in [0.5, 0.6) is 5.75 Å². The van der Waals surface area contributed by atoms with Crippen LogP contribution in [-0.2, 0) is 6.18 Å². The number of benzene rings is 2. The first-order valence-electron chi connectivity index (χ1n) is 6.35. The van der Waals surface area contributed by atoms with Crippen LogP contribution < -0.4 is 10.6 Å². The van der Waals surface area contributed by atoms with E-state index in [0.717, 1.165) is 30.3 Å². The Hall–Kier alpha value is -3.30. The lowest BCUT2D eigenvalue weighted by Gasteiger charge is -2.22. The van der Waals surface area contributed by atoms with Crippen LogP contribution in [0.4, 0.5) is 35.0 Å². The first-order valence-corrected chi connectivity index (χ1v) is 6.35. The van der Waals surface area contributed by atoms with E-state index in [2.05, 4.69) is 0 Å². The van der Waals surface area contributed by atoms with Crippen LogP contribution in [0.2, 0.25) is 0 Å². The van der Waals surface area contributed by atoms with Gasteiger partial charge in [-0.1, -0.05) is 6.07 Å². The van der Waals surface area contributed by atoms with Crippen molar-refractivity contribution in [1.82, 2.24) is 0 Å². The summed E-state index contributed by atoms with van der Waals surface area (Å²) in [5.41, 5.74) is 3.18. The Morgan fingerprint density at radius 3 is 2.38 bits per heavy atom. The van der Waals surface area contributed by atoms with Crippen LogP contribution in [-0.4, -0.2) is 16.1 Å². The molecule has 3 N–H and O–H groups in total. The molecule has 0 heterocycles. The minimum Gasteiger partial charge on any atom is -0.505 e. The number of aromatic hydroxyl groups is 1. The molecular weight excluding hydrogens is 331 g/mol. The van der Waals surface area contributed by atoms with E-state index in [0.29, 0.717) is 11.0 Å². The fourth-order valence-electron chi connectivity index (χ4n) is 2.02. The van der Waals surface area contributed by atoms with Gasteiger partial charge >= 0.3 is 12.2 Å². The van der Waals surface area contributed by atoms with Crippen molar-refractivity contribution >= 4 is 23.1 Å². The topological polar surface area (TPSA) is 110 Å². The average molecular weight is 341 g/mol. The van der Waals surface area contributed by atoms with Crippen LogP contribution in [0, 0.1) is 10.1 Å². The minimum atomic E-state index is -4.64. The molecule has 0 spiro atoms. The van der Waals surface area contributed by atoms with Crippen LogP contribution in [0.1, 0.15) is 5.56 Å². The van der Waals surface area contributed by atoms with Crippen molar-refractivity contribution in [3.05, 3.63) is 58.1 Å². The maximum atomic E-state index is 12.8. The molecule has 0 aliphatic heterocycles. The van der Waals surface area contributed by atoms with Crippen molar-refractivity contribution < 1.29 is 28.0 Å². The number of halogens is 3. The van der Waals surface area contributed by atoms with Crippen LogP contribution in [0.25, 0.3) is 0 Å². The molecular formula is C14H10F3N3O4. The monoisotopic (exact) mass is 341 g/mol. The van der Waals surface area contributed by atoms with Gasteiger partial charge in [0.05, 0.1) is 27.9 Å². The zero-order valence-corrected chi connectivity index (χ0v) is 11.8. The molecule has 0 unspecified atom stereocenters. The fraction of sp³-hybridized carbons (Fsp3) is 0.0714. The largest absolute Gasteiger partial charge is 0.505 e. The summed E-state index contributed by atoms with van der Waals surface area (Å²) in [4.78, 5) is 22.2. The minimum absolute atomic E-state index is 0.249. The van der Waals surface area contributed by atoms with Gasteiger partial charge in [0.25, 0.3) is 5.69 Å². The summed E-state index contributed by atoms with van der Waals surface area (Å²) in [6, 6.07) is 5.32. The quantitative estimate of drug-likeness (QED) is 0.657. The number of hydrogen-bond donors (Lipinski definition) is 2. The summed E-state index contributed by atoms with van der Waals surface area (Å²) in [5, 5.41) is 20.5. The fourth-order valence-corrected chi connectivity index (χ4v) is 2.02. The van der Waals surface area contributed by atoms with Crippen molar-refractivity contribution in [2.75, 3.05) is 4.90 Å². The zero-order chi connectivity index (χ0) is 18.1. The summed E-state index contributed by atoms with van der Waals surface area (Å²) < 4.78 is 38.4. The molecule has 0 fully saturated rings. The number of hydrogen-bond acceptors (Lipinski definition) is 4. The number of nitro benzene ring substituents is 1. The summed E-state index contributed by atoms with van der Waals surface area (Å²) in [6.07, 6.45) is -4.64. The molecule has 126 valence electrons. The van der Waals surface area contributed by atoms with E-state index in [9.17, 15) is 33.2 Å². The Morgan fingerprint density at radius 1 is 1.21 bits per heavy atom. The third kappa shape index (κ3) is 3.37. The van der Waals surface area contributed by atoms with Crippen molar-refractivity contribution in [2.45, 2.75) is 6.18 Å². The molecule has 2 aromatic rings. The second-order valence-corrected chi connectivity index (χ2v) is 4.65. The van der Waals surface area contributed by atoms with E-state index >= 15 is 0 Å². The molecule has 0 saturated carbocycles. The summed E-state index contributed by atoms with van der Waals surface area (Å²) >= 11 is 0. The van der Waals surface area contributed by atoms with Gasteiger partial charge in [-0.3, -0.25) is 15.0 Å². The smallest absolute Gasteiger partial charge is 0.416 e. The molecule has 0 atom stereocenters. The maximum Gasteiger partial charge on any atom is 0.416 e. The second kappa shape index (κ2) is 6.07. The molecule has 0 saturated heterocycles. The lowest BCUT2D eigenvalue weighted by atomic mass is 10.1. The van der Waals surface area contributed by atoms with E-state index in [4.69, 9.17) is 5.73 Å². The Bertz CT molecular complexity index is 808. The Balaban J connectivity index is 2.56. The Labute approximate surface area is 132 Å². The first-order chi connectivity index (χ1) is 11.1. The van der Waals surface area contributed by atoms with Gasteiger partial charge in [-0.25, -0.2) is 4.79 Å². The summed E-state index contributed by atoms with van der Waals surface area (Å²) in [7, 11) is 0. The predicted octanol–water partition coefficient (Wildman–Crippen LogP) is 3.54. The van der Waals surface area contributed by atoms with Gasteiger partial charge in [0.2, 0.25) is 0 Å². The number of phenols is 1. The number of nitrogens with two attached hydrogens (primary N) is 1. The van der Waals surface area contributed by atoms with Gasteiger partial charge in [-0.05, 0) is 24.3 Å². The number of urea groups is 1. The van der Waals surface area contributed by atoms with E-state index in [1.807, 2.05) is 0 Å². The standard InChI is InChI=1S/C14H10F3N3O4/c15-14(16,17)8-2-1-3-9(6-8)19(13(18)22)11-5-4-10(20(23)24)7-12(11)21/h1-7,21H,(H2,18,22). The maximum absolute atomic E-state index is 12.8. The highest BCUT2D eigenvalue weighted by molar-refractivity contribution is 6.00. The highest BCUT2D eigenvalue weighted by atomic mass is 19.4. The van der Waals surface area contributed by atoms with E-state index in [1.54, 1.807) is 0 Å². The van der Waals surface area contributed by atoms with E-state index < -0.39 is 34.1 Å². The molecule has 0 aromatic heterocycles. The third-order valence-corrected chi connectivity index (χ3v) is 3.06. The molecule has 10 heteroatoms. The van der Waals surface area contributed by atoms with E-state index in [1.165, 1.54) is 6.07 Å². The lowest BCUT2D eigenvalue weighted by molar-refractivity contribution is -0.384. The van der Waals surface area contributed by atoms with Crippen LogP contribution in [0.3, 0.4) is 0 Å². The molecule has 24 heavy (non-hydrogen) atoms. The van der Waals surface area contributed by atoms with Crippen LogP contribution >= 0.6 is 0 Å². The number of nitrogens with zero attached hydrogens (tertiary/aromatic N) is 2. The molecule has 0 radical (unpaired) electrons. The van der Waals surface area contributed by atoms with Gasteiger partial charge < -0.3 is 10.8 Å². The number of rotatable bonds is 3. The van der Waals surface area contributed by atoms with Gasteiger partial charge in [0.15, 0.2) is 0 Å². The van der Waals surface area contributed by atoms with Gasteiger partial charge in [0, 0.05) is 6.07 Å². The molecule has 2 rings (SSSR count). The van der Waals surface area contributed by atoms with Gasteiger partial charge in [-0.2, -0.15) is 13.2 Å². The normalized spacial score (nSPS) is 11.1. The third-order valence-electron chi connectivity index (χ3n) is 3.06. The number of amides is 2. The van der Waals surface area contributed by atoms with Crippen molar-refractivity contribution in [3.63, 3.8) is 0 Å². The van der Waals surface area contributed by atoms with Crippen molar-refractivity contribution in [2.24, 2.45) is 5.73 Å². The molecule has 0 aliphatic rings. The number of primary amides is 1. The number of anilines is 2. The van der Waals surface area contributed by atoms with Gasteiger partial charge in [-0.15, -0.1) is 0 Å². The van der Waals surface area contributed by atoms with E-state index in [-0.39, 0.29) is 11.4 Å². The predicted molar refractivity (Wildman–Crippen MR) is 77.9 cm³/mol. The molecule has 7 nitrogen and oxygen atoms in total. The molecule has 0 aliphatic carbocycles.